The van der Waals surface area contributed by atoms with Crippen molar-refractivity contribution in [1.29, 1.82) is 0 Å². The quantitative estimate of drug-likeness (QED) is 0.290. The van der Waals surface area contributed by atoms with Gasteiger partial charge in [0.05, 0.1) is 12.2 Å². The lowest BCUT2D eigenvalue weighted by Crippen LogP contribution is -2.24. The van der Waals surface area contributed by atoms with E-state index in [9.17, 15) is 0 Å². The van der Waals surface area contributed by atoms with Crippen LogP contribution in [0.3, 0.4) is 0 Å². The molecule has 5 heterocycles. The number of nitrogens with zero attached hydrogens (tertiary/aromatic N) is 8. The molecule has 206 valence electrons. The number of hydrogen-bond acceptors (Lipinski definition) is 10. The van der Waals surface area contributed by atoms with Crippen LogP contribution in [0.2, 0.25) is 5.02 Å². The highest BCUT2D eigenvalue weighted by atomic mass is 35.5. The first-order chi connectivity index (χ1) is 18.6. The van der Waals surface area contributed by atoms with Gasteiger partial charge in [-0.05, 0) is 20.0 Å². The van der Waals surface area contributed by atoms with Crippen LogP contribution in [-0.4, -0.2) is 66.4 Å². The van der Waals surface area contributed by atoms with E-state index in [1.807, 2.05) is 11.6 Å². The third kappa shape index (κ3) is 5.09. The van der Waals surface area contributed by atoms with E-state index >= 15 is 0 Å². The zero-order chi connectivity index (χ0) is 27.9. The average molecular weight is 552 g/mol. The fourth-order valence-electron chi connectivity index (χ4n) is 4.80. The van der Waals surface area contributed by atoms with E-state index in [0.717, 1.165) is 25.3 Å². The van der Waals surface area contributed by atoms with E-state index in [1.54, 1.807) is 19.4 Å². The Morgan fingerprint density at radius 2 is 1.97 bits per heavy atom. The number of ether oxygens (including phenoxy) is 1. The van der Waals surface area contributed by atoms with Crippen LogP contribution in [0.15, 0.2) is 30.9 Å². The number of aryl methyl sites for hydroxylation is 1. The molecule has 0 aliphatic carbocycles. The topological polar surface area (TPSA) is 137 Å². The Balaban J connectivity index is 1.47. The van der Waals surface area contributed by atoms with Crippen molar-refractivity contribution in [3.63, 3.8) is 0 Å². The second kappa shape index (κ2) is 10.3. The predicted molar refractivity (Wildman–Crippen MR) is 153 cm³/mol. The maximum atomic E-state index is 6.82. The molecule has 4 N–H and O–H groups in total. The van der Waals surface area contributed by atoms with Gasteiger partial charge in [0.25, 0.3) is 0 Å². The van der Waals surface area contributed by atoms with Gasteiger partial charge in [-0.3, -0.25) is 4.68 Å². The molecular formula is C26H34ClN11O. The van der Waals surface area contributed by atoms with E-state index in [-0.39, 0.29) is 11.2 Å². The van der Waals surface area contributed by atoms with Gasteiger partial charge < -0.3 is 30.6 Å². The highest BCUT2D eigenvalue weighted by Crippen LogP contribution is 2.36. The zero-order valence-electron chi connectivity index (χ0n) is 23.0. The predicted octanol–water partition coefficient (Wildman–Crippen LogP) is 3.90. The van der Waals surface area contributed by atoms with Crippen LogP contribution in [0.5, 0.6) is 5.75 Å². The molecule has 1 saturated heterocycles. The molecule has 0 radical (unpaired) electrons. The molecule has 12 nitrogen and oxygen atoms in total. The first-order valence-corrected chi connectivity index (χ1v) is 13.1. The smallest absolute Gasteiger partial charge is 0.210 e. The maximum absolute atomic E-state index is 6.82. The molecule has 0 unspecified atom stereocenters. The second-order valence-corrected chi connectivity index (χ2v) is 11.1. The van der Waals surface area contributed by atoms with Crippen molar-refractivity contribution in [1.82, 2.24) is 39.2 Å². The minimum Gasteiger partial charge on any atom is -0.450 e. The molecule has 0 saturated carbocycles. The van der Waals surface area contributed by atoms with Crippen LogP contribution in [0, 0.1) is 0 Å². The summed E-state index contributed by atoms with van der Waals surface area (Å²) < 4.78 is 10.1. The van der Waals surface area contributed by atoms with E-state index in [1.165, 1.54) is 18.1 Å². The summed E-state index contributed by atoms with van der Waals surface area (Å²) in [6.07, 6.45) is 7.03. The number of likely N-dealkylation sites (N-methyl/N-ethyl adjacent to an activating group) is 1. The number of likely N-dealkylation sites (tertiary alicyclic amines) is 1. The number of rotatable bonds is 7. The fourth-order valence-corrected chi connectivity index (χ4v) is 5.10. The van der Waals surface area contributed by atoms with Crippen molar-refractivity contribution in [3.8, 4) is 5.75 Å². The van der Waals surface area contributed by atoms with Gasteiger partial charge in [0.1, 0.15) is 16.2 Å². The Morgan fingerprint density at radius 3 is 2.64 bits per heavy atom. The Bertz CT molecular complexity index is 1530. The molecule has 1 aliphatic rings. The Morgan fingerprint density at radius 1 is 1.21 bits per heavy atom. The average Bonchev–Trinajstić information content (AvgIpc) is 3.61. The fraction of sp³-hybridized carbons (Fsp3) is 0.423. The monoisotopic (exact) mass is 551 g/mol. The number of nitrogens with two attached hydrogens (primary N) is 1. The summed E-state index contributed by atoms with van der Waals surface area (Å²) in [7, 11) is 5.75. The van der Waals surface area contributed by atoms with E-state index in [4.69, 9.17) is 27.2 Å². The normalized spacial score (nSPS) is 16.7. The van der Waals surface area contributed by atoms with Crippen LogP contribution < -0.4 is 21.1 Å². The van der Waals surface area contributed by atoms with Crippen molar-refractivity contribution in [3.05, 3.63) is 47.3 Å². The van der Waals surface area contributed by atoms with Gasteiger partial charge in [-0.1, -0.05) is 32.4 Å². The van der Waals surface area contributed by atoms with Gasteiger partial charge in [0.15, 0.2) is 28.8 Å². The van der Waals surface area contributed by atoms with Crippen LogP contribution in [0.4, 0.5) is 17.6 Å². The standard InChI is InChI=1S/C26H34ClN11O/c1-26(2,3)18-11-19(35-38(18)15-7-10-36(5)14-15)33-25-34-24-22(37(25)6)20(27)17(13-32-24)39-16(12-28)21-23(29-4)31-9-8-30-21/h8-9,11-13,15H,7,10,14,28H2,1-6H3,(H,29,31)(H,32,33,34,35)/t15-/m0/s1. The van der Waals surface area contributed by atoms with Gasteiger partial charge in [-0.25, -0.2) is 15.0 Å². The van der Waals surface area contributed by atoms with Crippen molar-refractivity contribution in [2.75, 3.05) is 37.8 Å². The van der Waals surface area contributed by atoms with Crippen molar-refractivity contribution < 1.29 is 4.74 Å². The summed E-state index contributed by atoms with van der Waals surface area (Å²) in [5.74, 6) is 2.40. The van der Waals surface area contributed by atoms with Crippen molar-refractivity contribution >= 4 is 46.1 Å². The third-order valence-corrected chi connectivity index (χ3v) is 7.17. The first kappa shape index (κ1) is 26.7. The summed E-state index contributed by atoms with van der Waals surface area (Å²) in [5.41, 5.74) is 8.50. The second-order valence-electron chi connectivity index (χ2n) is 10.7. The van der Waals surface area contributed by atoms with Gasteiger partial charge in [-0.2, -0.15) is 10.1 Å². The lowest BCUT2D eigenvalue weighted by Gasteiger charge is -2.23. The van der Waals surface area contributed by atoms with Crippen LogP contribution in [-0.2, 0) is 12.5 Å². The molecule has 1 fully saturated rings. The Kier molecular flexibility index (Phi) is 7.08. The van der Waals surface area contributed by atoms with Crippen molar-refractivity contribution in [2.24, 2.45) is 12.8 Å². The Labute approximate surface area is 232 Å². The Hall–Kier alpha value is -3.90. The lowest BCUT2D eigenvalue weighted by atomic mass is 9.91. The van der Waals surface area contributed by atoms with E-state index in [0.29, 0.717) is 45.4 Å². The summed E-state index contributed by atoms with van der Waals surface area (Å²) >= 11 is 6.82. The van der Waals surface area contributed by atoms with Crippen molar-refractivity contribution in [2.45, 2.75) is 38.6 Å². The molecule has 39 heavy (non-hydrogen) atoms. The largest absolute Gasteiger partial charge is 0.450 e. The molecule has 13 heteroatoms. The highest BCUT2D eigenvalue weighted by Gasteiger charge is 2.29. The maximum Gasteiger partial charge on any atom is 0.210 e. The number of hydrogen-bond donors (Lipinski definition) is 3. The third-order valence-electron chi connectivity index (χ3n) is 6.80. The summed E-state index contributed by atoms with van der Waals surface area (Å²) in [4.78, 5) is 20.1. The minimum atomic E-state index is -0.0674. The van der Waals surface area contributed by atoms with E-state index in [2.05, 4.69) is 74.0 Å². The number of imidazole rings is 1. The number of halogens is 1. The molecule has 0 spiro atoms. The molecule has 0 bridgehead atoms. The summed E-state index contributed by atoms with van der Waals surface area (Å²) in [6, 6.07) is 2.43. The SMILES string of the molecule is CNc1nccnc1C(=CN)Oc1cnc2nc(Nc3cc(C(C)(C)C)n([C@H]4CCN(C)C4)n3)n(C)c2c1Cl. The zero-order valence-corrected chi connectivity index (χ0v) is 23.8. The highest BCUT2D eigenvalue weighted by molar-refractivity contribution is 6.36. The number of nitrogens with one attached hydrogen (secondary N) is 2. The van der Waals surface area contributed by atoms with Gasteiger partial charge >= 0.3 is 0 Å². The molecule has 0 amide bonds. The van der Waals surface area contributed by atoms with Crippen LogP contribution in [0.25, 0.3) is 16.9 Å². The van der Waals surface area contributed by atoms with Crippen LogP contribution >= 0.6 is 11.6 Å². The van der Waals surface area contributed by atoms with Gasteiger partial charge in [-0.15, -0.1) is 0 Å². The number of pyridine rings is 1. The first-order valence-electron chi connectivity index (χ1n) is 12.8. The number of anilines is 3. The van der Waals surface area contributed by atoms with E-state index < -0.39 is 0 Å². The van der Waals surface area contributed by atoms with Gasteiger partial charge in [0, 0.05) is 56.4 Å². The molecule has 0 aromatic carbocycles. The lowest BCUT2D eigenvalue weighted by molar-refractivity contribution is 0.366. The summed E-state index contributed by atoms with van der Waals surface area (Å²) in [5, 5.41) is 11.6. The molecule has 4 aromatic heterocycles. The minimum absolute atomic E-state index is 0.0674. The van der Waals surface area contributed by atoms with Crippen LogP contribution in [0.1, 0.15) is 44.6 Å². The molecular weight excluding hydrogens is 518 g/mol. The molecule has 1 atom stereocenters. The number of fused-ring (bicyclic) bond motifs is 1. The van der Waals surface area contributed by atoms with Gasteiger partial charge in [0.2, 0.25) is 5.95 Å². The summed E-state index contributed by atoms with van der Waals surface area (Å²) in [6.45, 7) is 8.64. The molecule has 1 aliphatic heterocycles. The molecule has 4 aromatic rings. The number of aromatic nitrogens is 7. The molecule has 5 rings (SSSR count).